The molecular weight excluding hydrogens is 847 g/mol. The van der Waals surface area contributed by atoms with Gasteiger partial charge in [0.2, 0.25) is 29.2 Å². The smallest absolute Gasteiger partial charge is 0.326 e. The summed E-state index contributed by atoms with van der Waals surface area (Å²) in [6, 6.07) is -1.53. The van der Waals surface area contributed by atoms with Gasteiger partial charge in [0.05, 0.1) is 45.7 Å². The average Bonchev–Trinajstić information content (AvgIpc) is 3.24. The molecule has 0 aliphatic heterocycles. The Labute approximate surface area is 381 Å². The van der Waals surface area contributed by atoms with Crippen molar-refractivity contribution in [3.05, 3.63) is 0 Å². The summed E-state index contributed by atoms with van der Waals surface area (Å²) in [5, 5.41) is 27.1. The first kappa shape index (κ1) is 63.3. The number of carboxylic acid groups (broad SMARTS) is 2. The zero-order valence-corrected chi connectivity index (χ0v) is 39.5. The maximum Gasteiger partial charge on any atom is 0.326 e. The molecule has 0 aliphatic rings. The molecule has 364 valence electrons. The molecule has 0 fully saturated rings. The molecule has 0 aromatic rings. The fraction of sp³-hybridized carbons (Fsp3) is 0.833. The van der Waals surface area contributed by atoms with Crippen molar-refractivity contribution in [3.63, 3.8) is 0 Å². The van der Waals surface area contributed by atoms with Gasteiger partial charge in [0.25, 0.3) is 0 Å². The van der Waals surface area contributed by atoms with Gasteiger partial charge < -0.3 is 50.4 Å². The molecule has 2 unspecified atom stereocenters. The SMILES string of the molecule is CC.CCCCCCCCCCCCCCCC(=O)O.O=CNC(CCC(=O)NCCOCCOCC(=O)NCCOCCOCC(=O)NCCCCC(NS)C(=O)S)C(=O)O. The Hall–Kier alpha value is -3.01. The fourth-order valence-corrected chi connectivity index (χ4v) is 5.90. The molecule has 0 saturated carbocycles. The van der Waals surface area contributed by atoms with Crippen molar-refractivity contribution in [1.82, 2.24) is 26.0 Å². The van der Waals surface area contributed by atoms with Crippen LogP contribution in [0.15, 0.2) is 0 Å². The molecular formula is C42H81N5O13S2. The van der Waals surface area contributed by atoms with E-state index in [4.69, 9.17) is 29.2 Å². The monoisotopic (exact) mass is 928 g/mol. The Morgan fingerprint density at radius 1 is 0.548 bits per heavy atom. The van der Waals surface area contributed by atoms with Crippen LogP contribution >= 0.6 is 25.4 Å². The second-order valence-corrected chi connectivity index (χ2v) is 14.7. The molecule has 0 spiro atoms. The predicted octanol–water partition coefficient (Wildman–Crippen LogP) is 4.39. The van der Waals surface area contributed by atoms with E-state index in [2.05, 4.69) is 58.4 Å². The third-order valence-electron chi connectivity index (χ3n) is 8.76. The predicted molar refractivity (Wildman–Crippen MR) is 245 cm³/mol. The number of rotatable bonds is 43. The summed E-state index contributed by atoms with van der Waals surface area (Å²) in [6.45, 7) is 8.30. The molecule has 0 rings (SSSR count). The lowest BCUT2D eigenvalue weighted by Crippen LogP contribution is -2.37. The summed E-state index contributed by atoms with van der Waals surface area (Å²) >= 11 is 7.63. The number of unbranched alkanes of at least 4 members (excludes halogenated alkanes) is 13. The van der Waals surface area contributed by atoms with Crippen molar-refractivity contribution in [2.75, 3.05) is 72.5 Å². The van der Waals surface area contributed by atoms with Crippen LogP contribution in [0, 0.1) is 0 Å². The van der Waals surface area contributed by atoms with Gasteiger partial charge in [-0.1, -0.05) is 111 Å². The molecule has 18 nitrogen and oxygen atoms in total. The average molecular weight is 928 g/mol. The van der Waals surface area contributed by atoms with Crippen LogP contribution in [0.2, 0.25) is 0 Å². The summed E-state index contributed by atoms with van der Waals surface area (Å²) in [4.78, 5) is 77.8. The van der Waals surface area contributed by atoms with E-state index in [1.54, 1.807) is 0 Å². The molecule has 20 heteroatoms. The van der Waals surface area contributed by atoms with Crippen LogP contribution in [0.4, 0.5) is 0 Å². The molecule has 7 N–H and O–H groups in total. The molecule has 62 heavy (non-hydrogen) atoms. The Balaban J connectivity index is -0.00000145. The zero-order chi connectivity index (χ0) is 46.9. The van der Waals surface area contributed by atoms with Gasteiger partial charge in [0, 0.05) is 32.5 Å². The third kappa shape index (κ3) is 49.6. The van der Waals surface area contributed by atoms with Crippen molar-refractivity contribution in [2.24, 2.45) is 0 Å². The molecule has 0 aromatic carbocycles. The molecule has 0 heterocycles. The highest BCUT2D eigenvalue weighted by Gasteiger charge is 2.17. The van der Waals surface area contributed by atoms with E-state index in [0.29, 0.717) is 25.8 Å². The van der Waals surface area contributed by atoms with Gasteiger partial charge in [0.15, 0.2) is 0 Å². The van der Waals surface area contributed by atoms with E-state index in [1.165, 1.54) is 70.6 Å². The number of hydrogen-bond donors (Lipinski definition) is 9. The summed E-state index contributed by atoms with van der Waals surface area (Å²) in [5.41, 5.74) is 0. The van der Waals surface area contributed by atoms with Crippen LogP contribution in [0.5, 0.6) is 0 Å². The van der Waals surface area contributed by atoms with Crippen molar-refractivity contribution in [1.29, 1.82) is 0 Å². The number of carboxylic acids is 2. The number of nitrogens with one attached hydrogen (secondary N) is 5. The minimum Gasteiger partial charge on any atom is -0.481 e. The number of ether oxygens (including phenoxy) is 4. The summed E-state index contributed by atoms with van der Waals surface area (Å²) in [6.07, 6.45) is 19.5. The van der Waals surface area contributed by atoms with Crippen LogP contribution in [0.3, 0.4) is 0 Å². The number of hydrogen-bond acceptors (Lipinski definition) is 13. The molecule has 4 amide bonds. The Morgan fingerprint density at radius 2 is 1.00 bits per heavy atom. The van der Waals surface area contributed by atoms with E-state index in [9.17, 15) is 33.6 Å². The second-order valence-electron chi connectivity index (χ2n) is 14.0. The highest BCUT2D eigenvalue weighted by molar-refractivity contribution is 7.96. The van der Waals surface area contributed by atoms with Crippen molar-refractivity contribution in [3.8, 4) is 0 Å². The summed E-state index contributed by atoms with van der Waals surface area (Å²) < 4.78 is 23.6. The van der Waals surface area contributed by atoms with Gasteiger partial charge in [0.1, 0.15) is 19.3 Å². The summed E-state index contributed by atoms with van der Waals surface area (Å²) in [5.74, 6) is -2.81. The standard InChI is InChI=1S/C24H43N5O11S2.C16H32O2.C2H6/c30-17-28-18(23(34)35)4-5-20(31)26-7-9-37-11-14-40-16-22(33)27-8-10-38-12-13-39-15-21(32)25-6-2-1-3-19(29-42)24(36)41;1-2-3-4-5-6-7-8-9-10-11-12-13-14-15-16(17)18;1-2/h17-19,29,42H,1-16H2,(H,25,32)(H,26,31)(H,27,33)(H,28,30)(H,34,35)(H,36,41);2-15H2,1H3,(H,17,18);1-2H3. The van der Waals surface area contributed by atoms with Crippen LogP contribution in [-0.4, -0.2) is 136 Å². The molecule has 0 aromatic heterocycles. The van der Waals surface area contributed by atoms with Crippen molar-refractivity contribution in [2.45, 2.75) is 155 Å². The first-order valence-corrected chi connectivity index (χ1v) is 23.3. The summed E-state index contributed by atoms with van der Waals surface area (Å²) in [7, 11) is 0. The van der Waals surface area contributed by atoms with Crippen molar-refractivity contribution >= 4 is 66.6 Å². The van der Waals surface area contributed by atoms with Crippen molar-refractivity contribution < 1.29 is 62.7 Å². The Morgan fingerprint density at radius 3 is 1.44 bits per heavy atom. The first-order chi connectivity index (χ1) is 30.0. The zero-order valence-electron chi connectivity index (χ0n) is 37.7. The lowest BCUT2D eigenvalue weighted by molar-refractivity contribution is -0.141. The van der Waals surface area contributed by atoms with Gasteiger partial charge in [-0.15, -0.1) is 12.6 Å². The third-order valence-corrected chi connectivity index (χ3v) is 9.39. The van der Waals surface area contributed by atoms with E-state index < -0.39 is 24.0 Å². The largest absolute Gasteiger partial charge is 0.481 e. The molecule has 0 radical (unpaired) electrons. The molecule has 0 bridgehead atoms. The number of thiol groups is 2. The lowest BCUT2D eigenvalue weighted by Gasteiger charge is -2.11. The van der Waals surface area contributed by atoms with Crippen LogP contribution in [0.25, 0.3) is 0 Å². The minimum absolute atomic E-state index is 0.0285. The normalized spacial score (nSPS) is 11.4. The molecule has 2 atom stereocenters. The van der Waals surface area contributed by atoms with Gasteiger partial charge >= 0.3 is 11.9 Å². The number of aliphatic carboxylic acids is 2. The number of carbonyl (C=O) groups excluding carboxylic acids is 5. The minimum atomic E-state index is -1.21. The Bertz CT molecular complexity index is 1130. The molecule has 0 aliphatic carbocycles. The van der Waals surface area contributed by atoms with Gasteiger partial charge in [-0.3, -0.25) is 33.5 Å². The van der Waals surface area contributed by atoms with Crippen LogP contribution in [-0.2, 0) is 52.5 Å². The van der Waals surface area contributed by atoms with E-state index in [0.717, 1.165) is 19.3 Å². The van der Waals surface area contributed by atoms with E-state index in [1.807, 2.05) is 13.8 Å². The van der Waals surface area contributed by atoms with Gasteiger partial charge in [-0.25, -0.2) is 4.79 Å². The maximum absolute atomic E-state index is 11.7. The van der Waals surface area contributed by atoms with E-state index >= 15 is 0 Å². The van der Waals surface area contributed by atoms with Crippen LogP contribution in [0.1, 0.15) is 143 Å². The first-order valence-electron chi connectivity index (χ1n) is 22.4. The lowest BCUT2D eigenvalue weighted by atomic mass is 10.0. The highest BCUT2D eigenvalue weighted by atomic mass is 32.1. The Kier molecular flexibility index (Phi) is 51.7. The quantitative estimate of drug-likeness (QED) is 0.0234. The number of amides is 4. The van der Waals surface area contributed by atoms with Gasteiger partial charge in [-0.05, 0) is 32.1 Å². The van der Waals surface area contributed by atoms with Crippen LogP contribution < -0.4 is 26.0 Å². The topological polar surface area (TPSA) is 257 Å². The fourth-order valence-electron chi connectivity index (χ4n) is 5.36. The maximum atomic E-state index is 11.7. The van der Waals surface area contributed by atoms with E-state index in [-0.39, 0.29) is 108 Å². The number of carbonyl (C=O) groups is 7. The van der Waals surface area contributed by atoms with Gasteiger partial charge in [-0.2, -0.15) is 0 Å². The molecule has 0 saturated heterocycles. The highest BCUT2D eigenvalue weighted by Crippen LogP contribution is 2.13. The second kappa shape index (κ2) is 50.6.